The first kappa shape index (κ1) is 35.1. The Morgan fingerprint density at radius 3 is 2.29 bits per heavy atom. The minimum atomic E-state index is -1.14. The number of nitrogens with one attached hydrogen (secondary N) is 2. The van der Waals surface area contributed by atoms with Crippen LogP contribution in [0.4, 0.5) is 10.5 Å². The van der Waals surface area contributed by atoms with Crippen LogP contribution in [-0.2, 0) is 19.1 Å². The summed E-state index contributed by atoms with van der Waals surface area (Å²) in [5, 5.41) is 7.73. The van der Waals surface area contributed by atoms with Crippen LogP contribution in [0.3, 0.4) is 0 Å². The highest BCUT2D eigenvalue weighted by Gasteiger charge is 2.37. The quantitative estimate of drug-likeness (QED) is 0.173. The van der Waals surface area contributed by atoms with Crippen molar-refractivity contribution >= 4 is 40.3 Å². The number of carbonyl (C=O) groups excluding carboxylic acids is 4. The number of hydrogen-bond acceptors (Lipinski definition) is 5. The Bertz CT molecular complexity index is 1500. The Morgan fingerprint density at radius 1 is 0.911 bits per heavy atom. The van der Waals surface area contributed by atoms with Crippen LogP contribution >= 0.6 is 0 Å². The highest BCUT2D eigenvalue weighted by molar-refractivity contribution is 6.00. The highest BCUT2D eigenvalue weighted by Crippen LogP contribution is 2.30. The second-order valence-electron chi connectivity index (χ2n) is 12.5. The number of benzene rings is 3. The summed E-state index contributed by atoms with van der Waals surface area (Å²) in [5.74, 6) is -1.47. The predicted octanol–water partition coefficient (Wildman–Crippen LogP) is 6.70. The molecule has 3 aromatic carbocycles. The fraction of sp³-hybridized carbons (Fsp3) is 0.444. The number of primary amides is 1. The lowest BCUT2D eigenvalue weighted by molar-refractivity contribution is -0.141. The zero-order valence-electron chi connectivity index (χ0n) is 27.4. The average Bonchev–Trinajstić information content (AvgIpc) is 2.97. The van der Waals surface area contributed by atoms with Crippen LogP contribution in [0.1, 0.15) is 89.0 Å². The summed E-state index contributed by atoms with van der Waals surface area (Å²) in [5.41, 5.74) is 7.80. The number of hydrogen-bond donors (Lipinski definition) is 3. The van der Waals surface area contributed by atoms with Crippen molar-refractivity contribution in [2.75, 3.05) is 11.9 Å². The zero-order valence-corrected chi connectivity index (χ0v) is 27.4. The van der Waals surface area contributed by atoms with E-state index in [9.17, 15) is 19.2 Å². The van der Waals surface area contributed by atoms with Gasteiger partial charge in [-0.3, -0.25) is 14.4 Å². The molecule has 3 rings (SSSR count). The monoisotopic (exact) mass is 616 g/mol. The lowest BCUT2D eigenvalue weighted by Gasteiger charge is -2.35. The molecule has 0 fully saturated rings. The zero-order chi connectivity index (χ0) is 33.1. The first-order valence-corrected chi connectivity index (χ1v) is 15.7. The molecule has 0 aliphatic rings. The Balaban J connectivity index is 2.08. The van der Waals surface area contributed by atoms with Crippen molar-refractivity contribution in [3.05, 3.63) is 77.4 Å². The van der Waals surface area contributed by atoms with E-state index in [1.807, 2.05) is 74.5 Å². The third-order valence-electron chi connectivity index (χ3n) is 7.72. The summed E-state index contributed by atoms with van der Waals surface area (Å²) < 4.78 is 5.44. The summed E-state index contributed by atoms with van der Waals surface area (Å²) in [6.45, 7) is 11.4. The number of alkyl carbamates (subject to hydrolysis) is 1. The van der Waals surface area contributed by atoms with E-state index in [1.54, 1.807) is 20.8 Å². The van der Waals surface area contributed by atoms with Crippen LogP contribution in [0.5, 0.6) is 0 Å². The van der Waals surface area contributed by atoms with E-state index in [0.717, 1.165) is 41.2 Å². The Hall–Kier alpha value is -4.40. The summed E-state index contributed by atoms with van der Waals surface area (Å²) >= 11 is 0. The Morgan fingerprint density at radius 2 is 1.62 bits per heavy atom. The fourth-order valence-electron chi connectivity index (χ4n) is 5.27. The van der Waals surface area contributed by atoms with Gasteiger partial charge in [0.25, 0.3) is 5.91 Å². The molecule has 0 heterocycles. The minimum Gasteiger partial charge on any atom is -0.444 e. The number of ether oxygens (including phenoxy) is 1. The lowest BCUT2D eigenvalue weighted by Crippen LogP contribution is -2.53. The molecule has 0 spiro atoms. The molecule has 2 atom stereocenters. The van der Waals surface area contributed by atoms with E-state index in [-0.39, 0.29) is 25.3 Å². The molecule has 0 saturated carbocycles. The van der Waals surface area contributed by atoms with E-state index in [2.05, 4.69) is 17.6 Å². The number of aryl methyl sites for hydroxylation is 1. The molecule has 0 aromatic heterocycles. The van der Waals surface area contributed by atoms with Gasteiger partial charge in [-0.05, 0) is 87.1 Å². The van der Waals surface area contributed by atoms with E-state index in [4.69, 9.17) is 10.5 Å². The third kappa shape index (κ3) is 10.3. The summed E-state index contributed by atoms with van der Waals surface area (Å²) in [7, 11) is 0. The van der Waals surface area contributed by atoms with Crippen LogP contribution < -0.4 is 16.4 Å². The van der Waals surface area contributed by atoms with E-state index < -0.39 is 35.6 Å². The molecule has 9 nitrogen and oxygen atoms in total. The third-order valence-corrected chi connectivity index (χ3v) is 7.72. The number of carbonyl (C=O) groups is 4. The van der Waals surface area contributed by atoms with Gasteiger partial charge in [-0.2, -0.15) is 0 Å². The second kappa shape index (κ2) is 16.1. The molecular weight excluding hydrogens is 568 g/mol. The van der Waals surface area contributed by atoms with Gasteiger partial charge in [0.15, 0.2) is 0 Å². The number of anilines is 1. The molecule has 0 radical (unpaired) electrons. The van der Waals surface area contributed by atoms with Gasteiger partial charge in [0.05, 0.1) is 0 Å². The van der Waals surface area contributed by atoms with Crippen molar-refractivity contribution in [1.82, 2.24) is 10.2 Å². The summed E-state index contributed by atoms with van der Waals surface area (Å²) in [6.07, 6.45) is 2.52. The number of fused-ring (bicyclic) bond motifs is 1. The molecule has 2 unspecified atom stereocenters. The molecule has 0 aliphatic heterocycles. The first-order chi connectivity index (χ1) is 21.3. The molecular formula is C36H48N4O5. The van der Waals surface area contributed by atoms with Crippen molar-refractivity contribution < 1.29 is 23.9 Å². The number of unbranched alkanes of at least 4 members (excludes halogenated alkanes) is 3. The average molecular weight is 617 g/mol. The van der Waals surface area contributed by atoms with Crippen molar-refractivity contribution in [2.24, 2.45) is 5.73 Å². The largest absolute Gasteiger partial charge is 0.444 e. The van der Waals surface area contributed by atoms with Gasteiger partial charge in [-0.25, -0.2) is 4.79 Å². The molecule has 3 aromatic rings. The maximum absolute atomic E-state index is 14.5. The molecule has 45 heavy (non-hydrogen) atoms. The SMILES string of the molecule is CCCCCCN(C(=O)C(CCC(N)=O)NC(=O)OC(C)(C)C)C(C(=O)Nc1ccc2ccccc2c1)c1cccc(C)c1C. The van der Waals surface area contributed by atoms with Crippen LogP contribution in [0.25, 0.3) is 10.8 Å². The van der Waals surface area contributed by atoms with Gasteiger partial charge in [0, 0.05) is 18.7 Å². The van der Waals surface area contributed by atoms with Crippen LogP contribution in [0.2, 0.25) is 0 Å². The summed E-state index contributed by atoms with van der Waals surface area (Å²) in [6, 6.07) is 17.1. The normalized spacial score (nSPS) is 12.7. The highest BCUT2D eigenvalue weighted by atomic mass is 16.6. The van der Waals surface area contributed by atoms with Gasteiger partial charge >= 0.3 is 6.09 Å². The van der Waals surface area contributed by atoms with Gasteiger partial charge in [0.2, 0.25) is 11.8 Å². The van der Waals surface area contributed by atoms with Crippen LogP contribution in [-0.4, -0.2) is 46.9 Å². The fourth-order valence-corrected chi connectivity index (χ4v) is 5.27. The van der Waals surface area contributed by atoms with Gasteiger partial charge in [-0.15, -0.1) is 0 Å². The van der Waals surface area contributed by atoms with E-state index in [0.29, 0.717) is 17.7 Å². The Labute approximate surface area is 266 Å². The number of nitrogens with zero attached hydrogens (tertiary/aromatic N) is 1. The maximum atomic E-state index is 14.5. The molecule has 4 amide bonds. The van der Waals surface area contributed by atoms with Crippen molar-refractivity contribution in [3.63, 3.8) is 0 Å². The van der Waals surface area contributed by atoms with E-state index >= 15 is 0 Å². The summed E-state index contributed by atoms with van der Waals surface area (Å²) in [4.78, 5) is 55.0. The van der Waals surface area contributed by atoms with Crippen LogP contribution in [0, 0.1) is 13.8 Å². The predicted molar refractivity (Wildman–Crippen MR) is 179 cm³/mol. The standard InChI is InChI=1S/C36H48N4O5/c1-7-8-9-12-22-40(34(43)30(20-21-31(37)41)39-35(44)45-36(4,5)6)32(29-17-13-14-24(2)25(29)3)33(42)38-28-19-18-26-15-10-11-16-27(26)23-28/h10-11,13-19,23,30,32H,7-9,12,20-22H2,1-6H3,(H2,37,41)(H,38,42)(H,39,44). The topological polar surface area (TPSA) is 131 Å². The number of nitrogens with two attached hydrogens (primary N) is 1. The van der Waals surface area contributed by atoms with Gasteiger partial charge in [-0.1, -0.05) is 74.7 Å². The Kier molecular flexibility index (Phi) is 12.5. The molecule has 0 saturated heterocycles. The van der Waals surface area contributed by atoms with Crippen LogP contribution in [0.15, 0.2) is 60.7 Å². The molecule has 0 bridgehead atoms. The number of rotatable bonds is 14. The lowest BCUT2D eigenvalue weighted by atomic mass is 9.94. The smallest absolute Gasteiger partial charge is 0.408 e. The molecule has 9 heteroatoms. The van der Waals surface area contributed by atoms with Gasteiger partial charge in [0.1, 0.15) is 17.7 Å². The first-order valence-electron chi connectivity index (χ1n) is 15.7. The van der Waals surface area contributed by atoms with Gasteiger partial charge < -0.3 is 26.0 Å². The van der Waals surface area contributed by atoms with Crippen molar-refractivity contribution in [1.29, 1.82) is 0 Å². The molecule has 0 aliphatic carbocycles. The van der Waals surface area contributed by atoms with E-state index in [1.165, 1.54) is 4.90 Å². The second-order valence-corrected chi connectivity index (χ2v) is 12.5. The molecule has 4 N–H and O–H groups in total. The maximum Gasteiger partial charge on any atom is 0.408 e. The minimum absolute atomic E-state index is 0.0370. The molecule has 242 valence electrons. The van der Waals surface area contributed by atoms with Crippen molar-refractivity contribution in [2.45, 2.75) is 97.8 Å². The number of amides is 4. The van der Waals surface area contributed by atoms with Crippen molar-refractivity contribution in [3.8, 4) is 0 Å².